The van der Waals surface area contributed by atoms with Crippen molar-refractivity contribution in [3.05, 3.63) is 58.0 Å². The van der Waals surface area contributed by atoms with Crippen LogP contribution in [0.4, 0.5) is 0 Å². The van der Waals surface area contributed by atoms with Crippen molar-refractivity contribution in [3.63, 3.8) is 0 Å². The standard InChI is InChI=1S/C13H11BrO2/c1-9-7-10(4-5-12(9)14)13(15)8-11-3-2-6-16-11/h2-7H,8H2,1H3. The van der Waals surface area contributed by atoms with Gasteiger partial charge in [0, 0.05) is 10.0 Å². The molecule has 0 unspecified atom stereocenters. The molecule has 1 aromatic carbocycles. The fourth-order valence-electron chi connectivity index (χ4n) is 1.49. The summed E-state index contributed by atoms with van der Waals surface area (Å²) in [6.45, 7) is 1.97. The molecule has 0 saturated heterocycles. The van der Waals surface area contributed by atoms with Gasteiger partial charge in [-0.15, -0.1) is 0 Å². The molecular formula is C13H11BrO2. The summed E-state index contributed by atoms with van der Waals surface area (Å²) >= 11 is 3.41. The molecule has 0 atom stereocenters. The van der Waals surface area contributed by atoms with Crippen molar-refractivity contribution in [2.24, 2.45) is 0 Å². The summed E-state index contributed by atoms with van der Waals surface area (Å²) in [5.74, 6) is 0.774. The number of furan rings is 1. The lowest BCUT2D eigenvalue weighted by molar-refractivity contribution is 0.0987. The predicted octanol–water partition coefficient (Wildman–Crippen LogP) is 3.78. The molecule has 3 heteroatoms. The molecule has 0 aliphatic rings. The summed E-state index contributed by atoms with van der Waals surface area (Å²) in [5.41, 5.74) is 1.78. The molecule has 16 heavy (non-hydrogen) atoms. The molecule has 0 radical (unpaired) electrons. The van der Waals surface area contributed by atoms with E-state index >= 15 is 0 Å². The Labute approximate surface area is 102 Å². The molecule has 0 aliphatic heterocycles. The van der Waals surface area contributed by atoms with Crippen molar-refractivity contribution < 1.29 is 9.21 Å². The number of rotatable bonds is 3. The number of Topliss-reactive ketones (excluding diaryl/α,β-unsaturated/α-hetero) is 1. The fourth-order valence-corrected chi connectivity index (χ4v) is 1.74. The van der Waals surface area contributed by atoms with Gasteiger partial charge in [0.1, 0.15) is 5.76 Å². The Balaban J connectivity index is 2.18. The van der Waals surface area contributed by atoms with E-state index in [1.807, 2.05) is 31.2 Å². The molecule has 0 spiro atoms. The maximum absolute atomic E-state index is 11.9. The number of carbonyl (C=O) groups excluding carboxylic acids is 1. The van der Waals surface area contributed by atoms with E-state index in [0.29, 0.717) is 12.2 Å². The largest absolute Gasteiger partial charge is 0.469 e. The van der Waals surface area contributed by atoms with Gasteiger partial charge in [0.25, 0.3) is 0 Å². The Hall–Kier alpha value is -1.35. The second-order valence-electron chi connectivity index (χ2n) is 3.64. The molecule has 0 saturated carbocycles. The lowest BCUT2D eigenvalue weighted by Gasteiger charge is -2.02. The van der Waals surface area contributed by atoms with E-state index in [1.54, 1.807) is 12.3 Å². The van der Waals surface area contributed by atoms with Gasteiger partial charge in [0.2, 0.25) is 0 Å². The number of carbonyl (C=O) groups is 1. The van der Waals surface area contributed by atoms with Gasteiger partial charge in [0.15, 0.2) is 5.78 Å². The number of ketones is 1. The van der Waals surface area contributed by atoms with Crippen LogP contribution >= 0.6 is 15.9 Å². The highest BCUT2D eigenvalue weighted by Crippen LogP contribution is 2.18. The zero-order valence-corrected chi connectivity index (χ0v) is 10.5. The third-order valence-corrected chi connectivity index (χ3v) is 3.28. The summed E-state index contributed by atoms with van der Waals surface area (Å²) in [4.78, 5) is 11.9. The molecule has 2 rings (SSSR count). The highest BCUT2D eigenvalue weighted by atomic mass is 79.9. The van der Waals surface area contributed by atoms with Crippen molar-refractivity contribution in [1.82, 2.24) is 0 Å². The molecule has 0 bridgehead atoms. The minimum atomic E-state index is 0.0746. The van der Waals surface area contributed by atoms with Gasteiger partial charge in [-0.25, -0.2) is 0 Å². The quantitative estimate of drug-likeness (QED) is 0.800. The molecule has 2 aromatic rings. The molecule has 0 aliphatic carbocycles. The first-order valence-electron chi connectivity index (χ1n) is 4.98. The van der Waals surface area contributed by atoms with Crippen LogP contribution in [0.1, 0.15) is 21.7 Å². The van der Waals surface area contributed by atoms with Crippen LogP contribution in [0.5, 0.6) is 0 Å². The third kappa shape index (κ3) is 2.42. The lowest BCUT2D eigenvalue weighted by atomic mass is 10.1. The van der Waals surface area contributed by atoms with Gasteiger partial charge in [0.05, 0.1) is 12.7 Å². The molecule has 0 fully saturated rings. The summed E-state index contributed by atoms with van der Waals surface area (Å²) in [6.07, 6.45) is 1.89. The van der Waals surface area contributed by atoms with Crippen LogP contribution < -0.4 is 0 Å². The average Bonchev–Trinajstić information content (AvgIpc) is 2.74. The maximum Gasteiger partial charge on any atom is 0.170 e. The zero-order chi connectivity index (χ0) is 11.5. The molecule has 1 aromatic heterocycles. The Morgan fingerprint density at radius 3 is 2.81 bits per heavy atom. The second-order valence-corrected chi connectivity index (χ2v) is 4.50. The smallest absolute Gasteiger partial charge is 0.170 e. The van der Waals surface area contributed by atoms with Crippen molar-refractivity contribution >= 4 is 21.7 Å². The molecular weight excluding hydrogens is 268 g/mol. The number of halogens is 1. The first-order chi connectivity index (χ1) is 7.66. The summed E-state index contributed by atoms with van der Waals surface area (Å²) in [7, 11) is 0. The zero-order valence-electron chi connectivity index (χ0n) is 8.87. The van der Waals surface area contributed by atoms with Crippen molar-refractivity contribution in [3.8, 4) is 0 Å². The summed E-state index contributed by atoms with van der Waals surface area (Å²) < 4.78 is 6.17. The molecule has 0 N–H and O–H groups in total. The molecule has 2 nitrogen and oxygen atoms in total. The van der Waals surface area contributed by atoms with Crippen LogP contribution in [0, 0.1) is 6.92 Å². The predicted molar refractivity (Wildman–Crippen MR) is 65.6 cm³/mol. The first-order valence-corrected chi connectivity index (χ1v) is 5.78. The van der Waals surface area contributed by atoms with Crippen LogP contribution in [0.2, 0.25) is 0 Å². The van der Waals surface area contributed by atoms with Gasteiger partial charge in [-0.05, 0) is 36.8 Å². The Kier molecular flexibility index (Phi) is 3.25. The number of hydrogen-bond acceptors (Lipinski definition) is 2. The van der Waals surface area contributed by atoms with E-state index in [-0.39, 0.29) is 5.78 Å². The van der Waals surface area contributed by atoms with Crippen LogP contribution in [0.25, 0.3) is 0 Å². The summed E-state index contributed by atoms with van der Waals surface area (Å²) in [6, 6.07) is 9.20. The van der Waals surface area contributed by atoms with Gasteiger partial charge in [-0.3, -0.25) is 4.79 Å². The van der Waals surface area contributed by atoms with Gasteiger partial charge < -0.3 is 4.42 Å². The van der Waals surface area contributed by atoms with E-state index in [4.69, 9.17) is 4.42 Å². The number of aryl methyl sites for hydroxylation is 1. The van der Waals surface area contributed by atoms with E-state index in [9.17, 15) is 4.79 Å². The highest BCUT2D eigenvalue weighted by molar-refractivity contribution is 9.10. The molecule has 1 heterocycles. The number of hydrogen-bond donors (Lipinski definition) is 0. The van der Waals surface area contributed by atoms with Gasteiger partial charge in [-0.2, -0.15) is 0 Å². The van der Waals surface area contributed by atoms with Crippen LogP contribution in [0.15, 0.2) is 45.5 Å². The normalized spacial score (nSPS) is 10.4. The first kappa shape index (κ1) is 11.1. The second kappa shape index (κ2) is 4.66. The summed E-state index contributed by atoms with van der Waals surface area (Å²) in [5, 5.41) is 0. The third-order valence-electron chi connectivity index (χ3n) is 2.39. The Bertz CT molecular complexity index is 501. The monoisotopic (exact) mass is 278 g/mol. The minimum Gasteiger partial charge on any atom is -0.469 e. The van der Waals surface area contributed by atoms with Crippen LogP contribution in [-0.2, 0) is 6.42 Å². The van der Waals surface area contributed by atoms with Crippen molar-refractivity contribution in [2.45, 2.75) is 13.3 Å². The van der Waals surface area contributed by atoms with Crippen LogP contribution in [-0.4, -0.2) is 5.78 Å². The Morgan fingerprint density at radius 1 is 1.38 bits per heavy atom. The topological polar surface area (TPSA) is 30.2 Å². The van der Waals surface area contributed by atoms with E-state index in [2.05, 4.69) is 15.9 Å². The van der Waals surface area contributed by atoms with E-state index in [1.165, 1.54) is 0 Å². The Morgan fingerprint density at radius 2 is 2.19 bits per heavy atom. The lowest BCUT2D eigenvalue weighted by Crippen LogP contribution is -2.03. The van der Waals surface area contributed by atoms with E-state index in [0.717, 1.165) is 15.6 Å². The van der Waals surface area contributed by atoms with E-state index < -0.39 is 0 Å². The maximum atomic E-state index is 11.9. The molecule has 82 valence electrons. The fraction of sp³-hybridized carbons (Fsp3) is 0.154. The van der Waals surface area contributed by atoms with Crippen molar-refractivity contribution in [2.75, 3.05) is 0 Å². The van der Waals surface area contributed by atoms with Gasteiger partial charge in [-0.1, -0.05) is 22.0 Å². The SMILES string of the molecule is Cc1cc(C(=O)Cc2ccco2)ccc1Br. The van der Waals surface area contributed by atoms with Crippen LogP contribution in [0.3, 0.4) is 0 Å². The number of benzene rings is 1. The van der Waals surface area contributed by atoms with Gasteiger partial charge >= 0.3 is 0 Å². The average molecular weight is 279 g/mol. The minimum absolute atomic E-state index is 0.0746. The highest BCUT2D eigenvalue weighted by Gasteiger charge is 2.09. The molecule has 0 amide bonds. The van der Waals surface area contributed by atoms with Crippen molar-refractivity contribution in [1.29, 1.82) is 0 Å².